The molecule has 0 aliphatic carbocycles. The molecule has 2 aromatic rings. The lowest BCUT2D eigenvalue weighted by Gasteiger charge is -2.06. The summed E-state index contributed by atoms with van der Waals surface area (Å²) in [5, 5.41) is 1.17. The van der Waals surface area contributed by atoms with E-state index in [4.69, 9.17) is 15.2 Å². The number of aromatic amines is 1. The molecule has 3 rings (SSSR count). The predicted molar refractivity (Wildman–Crippen MR) is 57.2 cm³/mol. The zero-order valence-electron chi connectivity index (χ0n) is 8.25. The van der Waals surface area contributed by atoms with Crippen LogP contribution in [0.1, 0.15) is 5.56 Å². The van der Waals surface area contributed by atoms with Crippen LogP contribution >= 0.6 is 0 Å². The van der Waals surface area contributed by atoms with Gasteiger partial charge in [0.1, 0.15) is 0 Å². The van der Waals surface area contributed by atoms with E-state index in [0.29, 0.717) is 13.3 Å². The molecule has 4 nitrogen and oxygen atoms in total. The minimum absolute atomic E-state index is 0.305. The van der Waals surface area contributed by atoms with Crippen LogP contribution in [-0.2, 0) is 6.42 Å². The summed E-state index contributed by atoms with van der Waals surface area (Å²) in [6, 6.07) is 4.01. The normalized spacial score (nSPS) is 13.7. The average Bonchev–Trinajstić information content (AvgIpc) is 2.84. The Morgan fingerprint density at radius 1 is 1.40 bits per heavy atom. The van der Waals surface area contributed by atoms with Crippen molar-refractivity contribution in [2.24, 2.45) is 5.73 Å². The van der Waals surface area contributed by atoms with Crippen molar-refractivity contribution in [2.75, 3.05) is 13.3 Å². The second kappa shape index (κ2) is 3.17. The van der Waals surface area contributed by atoms with Crippen LogP contribution in [0.5, 0.6) is 11.5 Å². The molecule has 0 amide bonds. The van der Waals surface area contributed by atoms with Crippen LogP contribution in [0.25, 0.3) is 10.9 Å². The Balaban J connectivity index is 2.29. The number of aromatic nitrogens is 1. The lowest BCUT2D eigenvalue weighted by Crippen LogP contribution is -2.04. The van der Waals surface area contributed by atoms with Gasteiger partial charge in [0.05, 0.1) is 0 Å². The summed E-state index contributed by atoms with van der Waals surface area (Å²) in [6.07, 6.45) is 2.72. The third-order valence-corrected chi connectivity index (χ3v) is 2.69. The predicted octanol–water partition coefficient (Wildman–Crippen LogP) is 1.40. The van der Waals surface area contributed by atoms with E-state index in [9.17, 15) is 0 Å². The molecule has 3 N–H and O–H groups in total. The highest BCUT2D eigenvalue weighted by Gasteiger charge is 2.20. The number of benzene rings is 1. The number of H-pyrrole nitrogens is 1. The van der Waals surface area contributed by atoms with Crippen molar-refractivity contribution in [3.63, 3.8) is 0 Å². The number of hydrogen-bond acceptors (Lipinski definition) is 3. The molecule has 0 radical (unpaired) electrons. The maximum Gasteiger partial charge on any atom is 0.231 e. The van der Waals surface area contributed by atoms with Gasteiger partial charge < -0.3 is 20.2 Å². The molecule has 0 saturated carbocycles. The topological polar surface area (TPSA) is 60.3 Å². The van der Waals surface area contributed by atoms with Crippen molar-refractivity contribution in [3.05, 3.63) is 23.9 Å². The van der Waals surface area contributed by atoms with Crippen molar-refractivity contribution < 1.29 is 9.47 Å². The molecule has 1 aromatic heterocycles. The van der Waals surface area contributed by atoms with E-state index in [1.165, 1.54) is 5.39 Å². The second-order valence-corrected chi connectivity index (χ2v) is 3.57. The largest absolute Gasteiger partial charge is 0.454 e. The lowest BCUT2D eigenvalue weighted by atomic mass is 10.1. The van der Waals surface area contributed by atoms with Crippen molar-refractivity contribution in [1.82, 2.24) is 4.98 Å². The van der Waals surface area contributed by atoms with Crippen LogP contribution in [0.2, 0.25) is 0 Å². The Bertz CT molecular complexity index is 505. The molecule has 0 bridgehead atoms. The fourth-order valence-electron chi connectivity index (χ4n) is 2.04. The molecule has 1 aromatic carbocycles. The van der Waals surface area contributed by atoms with Crippen molar-refractivity contribution in [1.29, 1.82) is 0 Å². The van der Waals surface area contributed by atoms with Crippen LogP contribution in [-0.4, -0.2) is 18.3 Å². The molecule has 0 spiro atoms. The van der Waals surface area contributed by atoms with Gasteiger partial charge in [-0.05, 0) is 19.0 Å². The Morgan fingerprint density at radius 3 is 3.20 bits per heavy atom. The van der Waals surface area contributed by atoms with E-state index in [1.807, 2.05) is 18.3 Å². The summed E-state index contributed by atoms with van der Waals surface area (Å²) >= 11 is 0. The number of ether oxygens (including phenoxy) is 2. The van der Waals surface area contributed by atoms with E-state index in [1.54, 1.807) is 0 Å². The van der Waals surface area contributed by atoms with Gasteiger partial charge in [-0.2, -0.15) is 0 Å². The van der Waals surface area contributed by atoms with Crippen LogP contribution in [0.15, 0.2) is 18.3 Å². The van der Waals surface area contributed by atoms with Gasteiger partial charge in [0, 0.05) is 28.7 Å². The number of nitrogens with one attached hydrogen (secondary N) is 1. The minimum atomic E-state index is 0.305. The number of nitrogens with two attached hydrogens (primary N) is 1. The van der Waals surface area contributed by atoms with Crippen LogP contribution < -0.4 is 15.2 Å². The van der Waals surface area contributed by atoms with Gasteiger partial charge in [-0.1, -0.05) is 0 Å². The summed E-state index contributed by atoms with van der Waals surface area (Å²) in [5.74, 6) is 1.67. The Kier molecular flexibility index (Phi) is 1.82. The first-order valence-electron chi connectivity index (χ1n) is 4.99. The number of fused-ring (bicyclic) bond motifs is 2. The Labute approximate surface area is 87.0 Å². The van der Waals surface area contributed by atoms with Crippen LogP contribution in [0, 0.1) is 0 Å². The van der Waals surface area contributed by atoms with E-state index >= 15 is 0 Å². The maximum atomic E-state index is 5.61. The van der Waals surface area contributed by atoms with E-state index in [0.717, 1.165) is 29.0 Å². The van der Waals surface area contributed by atoms with Gasteiger partial charge in [0.2, 0.25) is 6.79 Å². The van der Waals surface area contributed by atoms with Crippen LogP contribution in [0.3, 0.4) is 0 Å². The average molecular weight is 204 g/mol. The summed E-state index contributed by atoms with van der Waals surface area (Å²) in [4.78, 5) is 3.17. The molecule has 0 atom stereocenters. The van der Waals surface area contributed by atoms with Crippen LogP contribution in [0.4, 0.5) is 0 Å². The van der Waals surface area contributed by atoms with E-state index in [-0.39, 0.29) is 0 Å². The van der Waals surface area contributed by atoms with E-state index < -0.39 is 0 Å². The highest BCUT2D eigenvalue weighted by molar-refractivity contribution is 5.88. The molecule has 0 saturated heterocycles. The van der Waals surface area contributed by atoms with E-state index in [2.05, 4.69) is 4.98 Å². The summed E-state index contributed by atoms with van der Waals surface area (Å²) in [5.41, 5.74) is 7.82. The third-order valence-electron chi connectivity index (χ3n) is 2.69. The first-order valence-corrected chi connectivity index (χ1v) is 4.99. The molecular weight excluding hydrogens is 192 g/mol. The van der Waals surface area contributed by atoms with Crippen molar-refractivity contribution in [3.8, 4) is 11.5 Å². The fraction of sp³-hybridized carbons (Fsp3) is 0.273. The van der Waals surface area contributed by atoms with Gasteiger partial charge in [0.15, 0.2) is 11.5 Å². The zero-order chi connectivity index (χ0) is 10.3. The monoisotopic (exact) mass is 204 g/mol. The first kappa shape index (κ1) is 8.61. The maximum absolute atomic E-state index is 5.61. The van der Waals surface area contributed by atoms with Gasteiger partial charge in [-0.25, -0.2) is 0 Å². The van der Waals surface area contributed by atoms with Gasteiger partial charge in [-0.15, -0.1) is 0 Å². The van der Waals surface area contributed by atoms with Gasteiger partial charge in [-0.3, -0.25) is 0 Å². The number of rotatable bonds is 2. The highest BCUT2D eigenvalue weighted by Crippen LogP contribution is 2.40. The quantitative estimate of drug-likeness (QED) is 0.777. The molecule has 0 unspecified atom stereocenters. The third kappa shape index (κ3) is 1.18. The molecule has 1 aliphatic rings. The smallest absolute Gasteiger partial charge is 0.231 e. The standard InChI is InChI=1S/C11H12N2O2/c12-3-1-8-7-2-4-13-9(7)5-10-11(8)15-6-14-10/h2,4-5,13H,1,3,6,12H2. The second-order valence-electron chi connectivity index (χ2n) is 3.57. The molecule has 78 valence electrons. The summed E-state index contributed by atoms with van der Waals surface area (Å²) < 4.78 is 10.8. The fourth-order valence-corrected chi connectivity index (χ4v) is 2.04. The summed E-state index contributed by atoms with van der Waals surface area (Å²) in [7, 11) is 0. The summed E-state index contributed by atoms with van der Waals surface area (Å²) in [6.45, 7) is 0.916. The minimum Gasteiger partial charge on any atom is -0.454 e. The molecule has 4 heteroatoms. The molecule has 15 heavy (non-hydrogen) atoms. The molecular formula is C11H12N2O2. The Morgan fingerprint density at radius 2 is 2.33 bits per heavy atom. The number of hydrogen-bond donors (Lipinski definition) is 2. The molecule has 1 aliphatic heterocycles. The van der Waals surface area contributed by atoms with Crippen molar-refractivity contribution in [2.45, 2.75) is 6.42 Å². The lowest BCUT2D eigenvalue weighted by molar-refractivity contribution is 0.173. The van der Waals surface area contributed by atoms with Crippen molar-refractivity contribution >= 4 is 10.9 Å². The molecule has 0 fully saturated rings. The molecule has 2 heterocycles. The van der Waals surface area contributed by atoms with Gasteiger partial charge in [0.25, 0.3) is 0 Å². The first-order chi connectivity index (χ1) is 7.40. The SMILES string of the molecule is NCCc1c2c(cc3[nH]ccc13)OCO2. The Hall–Kier alpha value is -1.68. The zero-order valence-corrected chi connectivity index (χ0v) is 8.25. The highest BCUT2D eigenvalue weighted by atomic mass is 16.7. The van der Waals surface area contributed by atoms with Gasteiger partial charge >= 0.3 is 0 Å².